The normalized spacial score (nSPS) is 10.7. The van der Waals surface area contributed by atoms with Crippen LogP contribution in [0.2, 0.25) is 0 Å². The Bertz CT molecular complexity index is 919. The zero-order valence-electron chi connectivity index (χ0n) is 11.2. The number of aromatic amines is 1. The molecule has 0 radical (unpaired) electrons. The number of pyridine rings is 1. The summed E-state index contributed by atoms with van der Waals surface area (Å²) in [6, 6.07) is 14.6. The van der Waals surface area contributed by atoms with Gasteiger partial charge in [0.05, 0.1) is 5.39 Å². The van der Waals surface area contributed by atoms with E-state index < -0.39 is 23.0 Å². The Labute approximate surface area is 129 Å². The molecule has 0 saturated carbocycles. The van der Waals surface area contributed by atoms with E-state index in [0.717, 1.165) is 9.79 Å². The van der Waals surface area contributed by atoms with Gasteiger partial charge in [-0.1, -0.05) is 30.0 Å². The van der Waals surface area contributed by atoms with Gasteiger partial charge in [-0.3, -0.25) is 4.79 Å². The van der Waals surface area contributed by atoms with Gasteiger partial charge in [0.2, 0.25) is 0 Å². The third-order valence-electron chi connectivity index (χ3n) is 3.16. The quantitative estimate of drug-likeness (QED) is 0.691. The number of hydrogen-bond acceptors (Lipinski definition) is 4. The monoisotopic (exact) mass is 313 g/mol. The molecule has 0 bridgehead atoms. The Morgan fingerprint density at radius 2 is 1.73 bits per heavy atom. The van der Waals surface area contributed by atoms with Gasteiger partial charge in [0.25, 0.3) is 5.56 Å². The fraction of sp³-hybridized carbons (Fsp3) is 0. The number of fused-ring (bicyclic) bond motifs is 1. The van der Waals surface area contributed by atoms with Crippen molar-refractivity contribution in [2.24, 2.45) is 0 Å². The van der Waals surface area contributed by atoms with Crippen molar-refractivity contribution < 1.29 is 15.0 Å². The van der Waals surface area contributed by atoms with Gasteiger partial charge in [0, 0.05) is 15.2 Å². The number of carbonyl (C=O) groups is 1. The average molecular weight is 313 g/mol. The molecule has 3 rings (SSSR count). The fourth-order valence-corrected chi connectivity index (χ4v) is 3.01. The van der Waals surface area contributed by atoms with Crippen LogP contribution < -0.4 is 5.56 Å². The molecule has 0 aliphatic heterocycles. The summed E-state index contributed by atoms with van der Waals surface area (Å²) in [5, 5.41) is 19.4. The fourth-order valence-electron chi connectivity index (χ4n) is 2.14. The lowest BCUT2D eigenvalue weighted by Gasteiger charge is -2.06. The van der Waals surface area contributed by atoms with E-state index in [1.54, 1.807) is 18.2 Å². The van der Waals surface area contributed by atoms with Gasteiger partial charge in [-0.2, -0.15) is 0 Å². The van der Waals surface area contributed by atoms with Gasteiger partial charge >= 0.3 is 5.97 Å². The molecule has 0 amide bonds. The predicted octanol–water partition coefficient (Wildman–Crippen LogP) is 3.08. The predicted molar refractivity (Wildman–Crippen MR) is 83.8 cm³/mol. The SMILES string of the molecule is O=C(O)c1[nH]c(=O)c2cc(Sc3ccccc3)ccc2c1O. The number of rotatable bonds is 3. The first-order chi connectivity index (χ1) is 10.6. The second-order valence-corrected chi connectivity index (χ2v) is 5.75. The molecule has 3 N–H and O–H groups in total. The van der Waals surface area contributed by atoms with Gasteiger partial charge in [0.15, 0.2) is 11.4 Å². The molecule has 110 valence electrons. The molecule has 0 spiro atoms. The van der Waals surface area contributed by atoms with Crippen molar-refractivity contribution in [3.8, 4) is 5.75 Å². The van der Waals surface area contributed by atoms with E-state index >= 15 is 0 Å². The number of hydrogen-bond donors (Lipinski definition) is 3. The lowest BCUT2D eigenvalue weighted by atomic mass is 10.1. The molecule has 0 fully saturated rings. The molecule has 22 heavy (non-hydrogen) atoms. The van der Waals surface area contributed by atoms with Gasteiger partial charge in [0.1, 0.15) is 0 Å². The first-order valence-corrected chi connectivity index (χ1v) is 7.23. The van der Waals surface area contributed by atoms with Gasteiger partial charge < -0.3 is 15.2 Å². The number of nitrogens with one attached hydrogen (secondary N) is 1. The smallest absolute Gasteiger partial charge is 0.356 e. The third-order valence-corrected chi connectivity index (χ3v) is 4.16. The highest BCUT2D eigenvalue weighted by molar-refractivity contribution is 7.99. The van der Waals surface area contributed by atoms with Crippen molar-refractivity contribution >= 4 is 28.5 Å². The number of aromatic carboxylic acids is 1. The molecule has 0 unspecified atom stereocenters. The van der Waals surface area contributed by atoms with E-state index in [1.165, 1.54) is 11.8 Å². The number of aromatic hydroxyl groups is 1. The lowest BCUT2D eigenvalue weighted by molar-refractivity contribution is 0.0687. The van der Waals surface area contributed by atoms with Crippen LogP contribution in [0.15, 0.2) is 63.1 Å². The van der Waals surface area contributed by atoms with Crippen molar-refractivity contribution in [1.82, 2.24) is 4.98 Å². The van der Waals surface area contributed by atoms with Gasteiger partial charge in [-0.05, 0) is 30.3 Å². The zero-order chi connectivity index (χ0) is 15.7. The van der Waals surface area contributed by atoms with Crippen LogP contribution in [0, 0.1) is 0 Å². The highest BCUT2D eigenvalue weighted by Crippen LogP contribution is 2.32. The van der Waals surface area contributed by atoms with Crippen LogP contribution in [-0.4, -0.2) is 21.2 Å². The Morgan fingerprint density at radius 1 is 1.00 bits per heavy atom. The standard InChI is InChI=1S/C16H11NO4S/c18-14-11-7-6-10(22-9-4-2-1-3-5-9)8-12(11)15(19)17-13(14)16(20)21/h1-8,18H,(H,17,19)(H,20,21). The first kappa shape index (κ1) is 14.2. The number of H-pyrrole nitrogens is 1. The summed E-state index contributed by atoms with van der Waals surface area (Å²) >= 11 is 1.48. The van der Waals surface area contributed by atoms with E-state index in [2.05, 4.69) is 4.98 Å². The van der Waals surface area contributed by atoms with Crippen LogP contribution in [0.3, 0.4) is 0 Å². The summed E-state index contributed by atoms with van der Waals surface area (Å²) in [4.78, 5) is 27.1. The van der Waals surface area contributed by atoms with Gasteiger partial charge in [-0.25, -0.2) is 4.79 Å². The van der Waals surface area contributed by atoms with E-state index in [0.29, 0.717) is 0 Å². The third kappa shape index (κ3) is 2.56. The largest absolute Gasteiger partial charge is 0.505 e. The Morgan fingerprint density at radius 3 is 2.41 bits per heavy atom. The van der Waals surface area contributed by atoms with Crippen LogP contribution in [-0.2, 0) is 0 Å². The topological polar surface area (TPSA) is 90.4 Å². The minimum atomic E-state index is -1.38. The minimum Gasteiger partial charge on any atom is -0.505 e. The molecule has 0 atom stereocenters. The molecule has 0 saturated heterocycles. The van der Waals surface area contributed by atoms with Crippen LogP contribution in [0.1, 0.15) is 10.5 Å². The molecule has 1 aromatic heterocycles. The summed E-state index contributed by atoms with van der Waals surface area (Å²) in [5.41, 5.74) is -1.04. The number of aromatic nitrogens is 1. The molecular weight excluding hydrogens is 302 g/mol. The summed E-state index contributed by atoms with van der Waals surface area (Å²) in [6.45, 7) is 0. The van der Waals surface area contributed by atoms with Gasteiger partial charge in [-0.15, -0.1) is 0 Å². The zero-order valence-corrected chi connectivity index (χ0v) is 12.1. The van der Waals surface area contributed by atoms with Crippen LogP contribution >= 0.6 is 11.8 Å². The molecule has 1 heterocycles. The van der Waals surface area contributed by atoms with Crippen molar-refractivity contribution in [3.63, 3.8) is 0 Å². The molecule has 6 heteroatoms. The van der Waals surface area contributed by atoms with Crippen LogP contribution in [0.4, 0.5) is 0 Å². The maximum atomic E-state index is 12.0. The van der Waals surface area contributed by atoms with E-state index in [4.69, 9.17) is 5.11 Å². The van der Waals surface area contributed by atoms with E-state index in [9.17, 15) is 14.7 Å². The Kier molecular flexibility index (Phi) is 3.60. The molecular formula is C16H11NO4S. The lowest BCUT2D eigenvalue weighted by Crippen LogP contribution is -2.13. The Balaban J connectivity index is 2.11. The second-order valence-electron chi connectivity index (χ2n) is 4.61. The average Bonchev–Trinajstić information content (AvgIpc) is 2.51. The molecule has 2 aromatic carbocycles. The molecule has 0 aliphatic carbocycles. The first-order valence-electron chi connectivity index (χ1n) is 6.41. The highest BCUT2D eigenvalue weighted by atomic mass is 32.2. The number of carboxylic acid groups (broad SMARTS) is 1. The summed E-state index contributed by atoms with van der Waals surface area (Å²) in [5.74, 6) is -1.81. The van der Waals surface area contributed by atoms with Crippen LogP contribution in [0.25, 0.3) is 10.8 Å². The summed E-state index contributed by atoms with van der Waals surface area (Å²) in [7, 11) is 0. The number of carboxylic acids is 1. The highest BCUT2D eigenvalue weighted by Gasteiger charge is 2.16. The minimum absolute atomic E-state index is 0.221. The van der Waals surface area contributed by atoms with E-state index in [1.807, 2.05) is 30.3 Å². The molecule has 3 aromatic rings. The molecule has 5 nitrogen and oxygen atoms in total. The Hall–Kier alpha value is -2.73. The van der Waals surface area contributed by atoms with Crippen molar-refractivity contribution in [1.29, 1.82) is 0 Å². The maximum absolute atomic E-state index is 12.0. The van der Waals surface area contributed by atoms with Crippen molar-refractivity contribution in [2.45, 2.75) is 9.79 Å². The summed E-state index contributed by atoms with van der Waals surface area (Å²) < 4.78 is 0. The second kappa shape index (κ2) is 5.57. The number of benzene rings is 2. The van der Waals surface area contributed by atoms with Crippen molar-refractivity contribution in [2.75, 3.05) is 0 Å². The van der Waals surface area contributed by atoms with Crippen LogP contribution in [0.5, 0.6) is 5.75 Å². The maximum Gasteiger partial charge on any atom is 0.356 e. The summed E-state index contributed by atoms with van der Waals surface area (Å²) in [6.07, 6.45) is 0. The molecule has 0 aliphatic rings. The van der Waals surface area contributed by atoms with Crippen molar-refractivity contribution in [3.05, 3.63) is 64.6 Å². The van der Waals surface area contributed by atoms with E-state index in [-0.39, 0.29) is 10.8 Å².